The lowest BCUT2D eigenvalue weighted by atomic mass is 10.1. The fraction of sp³-hybridized carbons (Fsp3) is 0.381. The third-order valence-corrected chi connectivity index (χ3v) is 4.00. The van der Waals surface area contributed by atoms with Gasteiger partial charge in [-0.1, -0.05) is 19.9 Å². The molecule has 1 aromatic heterocycles. The van der Waals surface area contributed by atoms with Crippen molar-refractivity contribution in [2.75, 3.05) is 25.1 Å². The molecule has 0 spiro atoms. The minimum atomic E-state index is -0.663. The van der Waals surface area contributed by atoms with E-state index in [0.717, 1.165) is 5.56 Å². The summed E-state index contributed by atoms with van der Waals surface area (Å²) in [5.41, 5.74) is 8.20. The second-order valence-electron chi connectivity index (χ2n) is 6.27. The Morgan fingerprint density at radius 1 is 1.16 bits per heavy atom. The van der Waals surface area contributed by atoms with Gasteiger partial charge in [0.2, 0.25) is 0 Å². The number of aromatic nitrogens is 1. The third kappa shape index (κ3) is 7.19. The van der Waals surface area contributed by atoms with Crippen LogP contribution in [0.5, 0.6) is 0 Å². The third-order valence-electron chi connectivity index (χ3n) is 4.00. The van der Waals surface area contributed by atoms with E-state index in [0.29, 0.717) is 5.56 Å². The molecule has 1 amide bonds. The Kier molecular flexibility index (Phi) is 10.4. The maximum absolute atomic E-state index is 14.2. The number of aryl methyl sites for hydroxylation is 2. The largest absolute Gasteiger partial charge is 0.462 e. The summed E-state index contributed by atoms with van der Waals surface area (Å²) >= 11 is 0. The molecule has 1 aromatic carbocycles. The molecule has 10 heteroatoms. The second-order valence-corrected chi connectivity index (χ2v) is 6.27. The van der Waals surface area contributed by atoms with Crippen LogP contribution in [0, 0.1) is 19.7 Å². The number of pyridine rings is 1. The molecule has 0 aliphatic rings. The van der Waals surface area contributed by atoms with Gasteiger partial charge in [0.05, 0.1) is 17.8 Å². The molecule has 0 atom stereocenters. The first-order valence-electron chi connectivity index (χ1n) is 9.76. The van der Waals surface area contributed by atoms with Gasteiger partial charge in [0, 0.05) is 12.6 Å². The number of carbonyl (C=O) groups is 2. The number of halogens is 1. The molecule has 170 valence electrons. The Morgan fingerprint density at radius 2 is 1.84 bits per heavy atom. The molecule has 0 aliphatic carbocycles. The highest BCUT2D eigenvalue weighted by molar-refractivity contribution is 5.99. The van der Waals surface area contributed by atoms with Crippen LogP contribution in [0.15, 0.2) is 29.1 Å². The van der Waals surface area contributed by atoms with E-state index in [1.54, 1.807) is 19.9 Å². The minimum Gasteiger partial charge on any atom is -0.462 e. The zero-order valence-electron chi connectivity index (χ0n) is 18.4. The number of esters is 1. The average Bonchev–Trinajstić information content (AvgIpc) is 2.76. The Balaban J connectivity index is 0.00000233. The standard InChI is InChI=1S/C19H23FN4O5.C2H6/c1-11-4-5-15(14(20)8-11)22-17-13(9-12(2)19(27)24(17)3)18(26)23-29-7-6-28-16(25)10-21;1-2/h4-5,8-9,22H,6-7,10,21H2,1-3H3,(H,23,26);1-2H3. The van der Waals surface area contributed by atoms with Gasteiger partial charge in [-0.25, -0.2) is 9.87 Å². The normalized spacial score (nSPS) is 10.0. The first kappa shape index (κ1) is 25.8. The zero-order valence-corrected chi connectivity index (χ0v) is 18.4. The highest BCUT2D eigenvalue weighted by Gasteiger charge is 2.18. The van der Waals surface area contributed by atoms with Gasteiger partial charge < -0.3 is 15.8 Å². The van der Waals surface area contributed by atoms with Crippen molar-refractivity contribution < 1.29 is 23.6 Å². The number of nitrogens with one attached hydrogen (secondary N) is 2. The highest BCUT2D eigenvalue weighted by Crippen LogP contribution is 2.23. The van der Waals surface area contributed by atoms with Gasteiger partial charge in [-0.15, -0.1) is 0 Å². The van der Waals surface area contributed by atoms with Crippen molar-refractivity contribution in [1.82, 2.24) is 10.0 Å². The van der Waals surface area contributed by atoms with Crippen LogP contribution in [0.25, 0.3) is 0 Å². The summed E-state index contributed by atoms with van der Waals surface area (Å²) in [6.45, 7) is 6.85. The fourth-order valence-corrected chi connectivity index (χ4v) is 2.49. The molecule has 2 rings (SSSR count). The quantitative estimate of drug-likeness (QED) is 0.329. The minimum absolute atomic E-state index is 0.0727. The molecule has 0 unspecified atom stereocenters. The van der Waals surface area contributed by atoms with Gasteiger partial charge in [-0.3, -0.25) is 23.8 Å². The smallest absolute Gasteiger partial charge is 0.319 e. The first-order chi connectivity index (χ1) is 14.7. The maximum Gasteiger partial charge on any atom is 0.319 e. The van der Waals surface area contributed by atoms with Crippen LogP contribution in [0.1, 0.15) is 35.3 Å². The number of ether oxygens (including phenoxy) is 1. The predicted molar refractivity (Wildman–Crippen MR) is 116 cm³/mol. The number of hydrogen-bond donors (Lipinski definition) is 3. The van der Waals surface area contributed by atoms with Crippen molar-refractivity contribution in [3.8, 4) is 0 Å². The van der Waals surface area contributed by atoms with Crippen molar-refractivity contribution in [1.29, 1.82) is 0 Å². The van der Waals surface area contributed by atoms with Crippen molar-refractivity contribution in [3.05, 3.63) is 57.1 Å². The van der Waals surface area contributed by atoms with Crippen molar-refractivity contribution in [3.63, 3.8) is 0 Å². The first-order valence-corrected chi connectivity index (χ1v) is 9.76. The number of carbonyl (C=O) groups excluding carboxylic acids is 2. The number of anilines is 2. The van der Waals surface area contributed by atoms with Gasteiger partial charge in [0.1, 0.15) is 24.8 Å². The summed E-state index contributed by atoms with van der Waals surface area (Å²) < 4.78 is 20.2. The molecule has 0 bridgehead atoms. The van der Waals surface area contributed by atoms with Crippen LogP contribution in [-0.2, 0) is 21.4 Å². The van der Waals surface area contributed by atoms with Gasteiger partial charge in [-0.05, 0) is 37.6 Å². The number of hydroxylamine groups is 1. The molecule has 4 N–H and O–H groups in total. The summed E-state index contributed by atoms with van der Waals surface area (Å²) in [7, 11) is 1.47. The van der Waals surface area contributed by atoms with Gasteiger partial charge in [-0.2, -0.15) is 0 Å². The Bertz CT molecular complexity index is 975. The number of amides is 1. The SMILES string of the molecule is CC.Cc1ccc(Nc2c(C(=O)NOCCOC(=O)CN)cc(C)c(=O)n2C)c(F)c1. The van der Waals surface area contributed by atoms with Crippen LogP contribution >= 0.6 is 0 Å². The van der Waals surface area contributed by atoms with Crippen LogP contribution in [0.4, 0.5) is 15.9 Å². The molecule has 0 aliphatic heterocycles. The van der Waals surface area contributed by atoms with Gasteiger partial charge >= 0.3 is 5.97 Å². The van der Waals surface area contributed by atoms with Crippen LogP contribution < -0.4 is 22.1 Å². The predicted octanol–water partition coefficient (Wildman–Crippen LogP) is 2.07. The molecule has 0 saturated carbocycles. The summed E-state index contributed by atoms with van der Waals surface area (Å²) in [5, 5.41) is 2.80. The van der Waals surface area contributed by atoms with Gasteiger partial charge in [0.15, 0.2) is 0 Å². The van der Waals surface area contributed by atoms with Crippen molar-refractivity contribution >= 4 is 23.4 Å². The van der Waals surface area contributed by atoms with E-state index in [9.17, 15) is 18.8 Å². The van der Waals surface area contributed by atoms with Crippen LogP contribution in [0.3, 0.4) is 0 Å². The lowest BCUT2D eigenvalue weighted by Crippen LogP contribution is -2.31. The van der Waals surface area contributed by atoms with E-state index < -0.39 is 17.7 Å². The van der Waals surface area contributed by atoms with E-state index in [-0.39, 0.29) is 42.4 Å². The van der Waals surface area contributed by atoms with Gasteiger partial charge in [0.25, 0.3) is 11.5 Å². The van der Waals surface area contributed by atoms with Crippen LogP contribution in [0.2, 0.25) is 0 Å². The summed E-state index contributed by atoms with van der Waals surface area (Å²) in [6.07, 6.45) is 0. The number of nitrogens with two attached hydrogens (primary N) is 1. The van der Waals surface area contributed by atoms with Crippen molar-refractivity contribution in [2.45, 2.75) is 27.7 Å². The van der Waals surface area contributed by atoms with E-state index in [4.69, 9.17) is 15.3 Å². The Hall–Kier alpha value is -3.24. The molecule has 31 heavy (non-hydrogen) atoms. The van der Waals surface area contributed by atoms with E-state index in [1.165, 1.54) is 29.8 Å². The number of benzene rings is 1. The summed E-state index contributed by atoms with van der Waals surface area (Å²) in [6, 6.07) is 5.92. The number of nitrogens with zero attached hydrogens (tertiary/aromatic N) is 1. The molecule has 9 nitrogen and oxygen atoms in total. The lowest BCUT2D eigenvalue weighted by Gasteiger charge is -2.17. The summed E-state index contributed by atoms with van der Waals surface area (Å²) in [5.74, 6) is -1.69. The van der Waals surface area contributed by atoms with Crippen molar-refractivity contribution in [2.24, 2.45) is 12.8 Å². The molecule has 0 fully saturated rings. The monoisotopic (exact) mass is 436 g/mol. The number of rotatable bonds is 8. The average molecular weight is 436 g/mol. The number of hydrogen-bond acceptors (Lipinski definition) is 7. The zero-order chi connectivity index (χ0) is 23.6. The lowest BCUT2D eigenvalue weighted by molar-refractivity contribution is -0.144. The molecule has 2 aromatic rings. The molecular weight excluding hydrogens is 407 g/mol. The molecule has 0 radical (unpaired) electrons. The molecule has 1 heterocycles. The maximum atomic E-state index is 14.2. The topological polar surface area (TPSA) is 125 Å². The van der Waals surface area contributed by atoms with E-state index in [1.807, 2.05) is 13.8 Å². The second kappa shape index (κ2) is 12.5. The Morgan fingerprint density at radius 3 is 2.45 bits per heavy atom. The summed E-state index contributed by atoms with van der Waals surface area (Å²) in [4.78, 5) is 40.8. The van der Waals surface area contributed by atoms with E-state index >= 15 is 0 Å². The van der Waals surface area contributed by atoms with Crippen LogP contribution in [-0.4, -0.2) is 36.2 Å². The van der Waals surface area contributed by atoms with E-state index in [2.05, 4.69) is 10.8 Å². The molecule has 0 saturated heterocycles. The Labute approximate surface area is 180 Å². The fourth-order valence-electron chi connectivity index (χ4n) is 2.49. The molecular formula is C21H29FN4O5. The highest BCUT2D eigenvalue weighted by atomic mass is 19.1.